The number of nitrogens with zero attached hydrogens (tertiary/aromatic N) is 1. The first kappa shape index (κ1) is 16.0. The molecule has 1 heterocycles. The minimum absolute atomic E-state index is 0.119. The van der Waals surface area contributed by atoms with E-state index in [1.807, 2.05) is 6.07 Å². The lowest BCUT2D eigenvalue weighted by Crippen LogP contribution is -2.43. The van der Waals surface area contributed by atoms with Crippen LogP contribution < -0.4 is 5.73 Å². The van der Waals surface area contributed by atoms with E-state index in [1.54, 1.807) is 0 Å². The van der Waals surface area contributed by atoms with Gasteiger partial charge in [0.25, 0.3) is 0 Å². The summed E-state index contributed by atoms with van der Waals surface area (Å²) < 4.78 is 4.86. The van der Waals surface area contributed by atoms with Crippen molar-refractivity contribution in [1.82, 2.24) is 4.90 Å². The molecule has 0 spiro atoms. The smallest absolute Gasteiger partial charge is 0.307 e. The normalized spacial score (nSPS) is 21.0. The van der Waals surface area contributed by atoms with Crippen molar-refractivity contribution < 1.29 is 9.53 Å². The minimum Gasteiger partial charge on any atom is -0.469 e. The van der Waals surface area contributed by atoms with Crippen LogP contribution in [-0.4, -0.2) is 37.1 Å². The average molecular weight is 290 g/mol. The number of piperidine rings is 1. The van der Waals surface area contributed by atoms with Crippen molar-refractivity contribution in [1.29, 1.82) is 0 Å². The standard InChI is InChI=1S/C17H26N2O2/c1-21-17(20)13-15-9-5-6-12-19(15)16(10-11-18)14-7-3-2-4-8-14/h2-4,7-8,15-16H,5-6,9-13,18H2,1H3. The number of carbonyl (C=O) groups excluding carboxylic acids is 1. The molecule has 0 saturated carbocycles. The molecule has 0 aliphatic carbocycles. The van der Waals surface area contributed by atoms with Crippen LogP contribution in [0.15, 0.2) is 30.3 Å². The van der Waals surface area contributed by atoms with E-state index in [2.05, 4.69) is 29.2 Å². The highest BCUT2D eigenvalue weighted by Gasteiger charge is 2.30. The summed E-state index contributed by atoms with van der Waals surface area (Å²) in [7, 11) is 1.46. The topological polar surface area (TPSA) is 55.6 Å². The lowest BCUT2D eigenvalue weighted by Gasteiger charge is -2.41. The summed E-state index contributed by atoms with van der Waals surface area (Å²) in [4.78, 5) is 14.1. The van der Waals surface area contributed by atoms with Crippen LogP contribution >= 0.6 is 0 Å². The van der Waals surface area contributed by atoms with E-state index in [0.29, 0.717) is 19.0 Å². The number of benzene rings is 1. The first-order valence-electron chi connectivity index (χ1n) is 7.84. The second-order valence-electron chi connectivity index (χ2n) is 5.67. The van der Waals surface area contributed by atoms with Gasteiger partial charge < -0.3 is 10.5 Å². The van der Waals surface area contributed by atoms with Crippen molar-refractivity contribution in [2.45, 2.75) is 44.2 Å². The Bertz CT molecular complexity index is 436. The van der Waals surface area contributed by atoms with Gasteiger partial charge >= 0.3 is 5.97 Å². The second-order valence-corrected chi connectivity index (χ2v) is 5.67. The second kappa shape index (κ2) is 8.15. The van der Waals surface area contributed by atoms with Crippen molar-refractivity contribution in [3.05, 3.63) is 35.9 Å². The summed E-state index contributed by atoms with van der Waals surface area (Å²) in [6, 6.07) is 11.0. The molecule has 2 atom stereocenters. The quantitative estimate of drug-likeness (QED) is 0.818. The third kappa shape index (κ3) is 4.29. The first-order chi connectivity index (χ1) is 10.3. The van der Waals surface area contributed by atoms with E-state index in [0.717, 1.165) is 19.4 Å². The predicted molar refractivity (Wildman–Crippen MR) is 83.8 cm³/mol. The summed E-state index contributed by atoms with van der Waals surface area (Å²) in [5.74, 6) is -0.119. The van der Waals surface area contributed by atoms with Crippen molar-refractivity contribution >= 4 is 5.97 Å². The number of ether oxygens (including phenoxy) is 1. The van der Waals surface area contributed by atoms with Gasteiger partial charge in [-0.25, -0.2) is 0 Å². The Balaban J connectivity index is 2.17. The monoisotopic (exact) mass is 290 g/mol. The van der Waals surface area contributed by atoms with E-state index in [9.17, 15) is 4.79 Å². The summed E-state index contributed by atoms with van der Waals surface area (Å²) in [6.45, 7) is 1.68. The van der Waals surface area contributed by atoms with Crippen LogP contribution in [0.25, 0.3) is 0 Å². The van der Waals surface area contributed by atoms with Gasteiger partial charge in [-0.1, -0.05) is 36.8 Å². The Labute approximate surface area is 127 Å². The Hall–Kier alpha value is -1.39. The van der Waals surface area contributed by atoms with Crippen LogP contribution in [0.3, 0.4) is 0 Å². The molecule has 4 nitrogen and oxygen atoms in total. The van der Waals surface area contributed by atoms with Gasteiger partial charge in [0, 0.05) is 12.1 Å². The third-order valence-electron chi connectivity index (χ3n) is 4.33. The van der Waals surface area contributed by atoms with Gasteiger partial charge in [-0.05, 0) is 37.9 Å². The SMILES string of the molecule is COC(=O)CC1CCCCN1C(CCN)c1ccccc1. The molecular weight excluding hydrogens is 264 g/mol. The van der Waals surface area contributed by atoms with Crippen LogP contribution in [0, 0.1) is 0 Å². The fraction of sp³-hybridized carbons (Fsp3) is 0.588. The molecule has 0 bridgehead atoms. The zero-order valence-corrected chi connectivity index (χ0v) is 12.8. The van der Waals surface area contributed by atoms with E-state index in [-0.39, 0.29) is 12.0 Å². The molecule has 0 amide bonds. The van der Waals surface area contributed by atoms with Crippen LogP contribution in [0.4, 0.5) is 0 Å². The van der Waals surface area contributed by atoms with Gasteiger partial charge in [0.1, 0.15) is 0 Å². The maximum absolute atomic E-state index is 11.7. The van der Waals surface area contributed by atoms with Crippen LogP contribution in [0.5, 0.6) is 0 Å². The number of carbonyl (C=O) groups is 1. The molecule has 116 valence electrons. The maximum Gasteiger partial charge on any atom is 0.307 e. The van der Waals surface area contributed by atoms with Gasteiger partial charge in [-0.3, -0.25) is 9.69 Å². The molecule has 1 aliphatic rings. The first-order valence-corrected chi connectivity index (χ1v) is 7.84. The lowest BCUT2D eigenvalue weighted by molar-refractivity contribution is -0.142. The molecule has 0 radical (unpaired) electrons. The number of nitrogens with two attached hydrogens (primary N) is 1. The Morgan fingerprint density at radius 2 is 2.14 bits per heavy atom. The molecular formula is C17H26N2O2. The number of esters is 1. The zero-order valence-electron chi connectivity index (χ0n) is 12.8. The van der Waals surface area contributed by atoms with Crippen molar-refractivity contribution in [3.8, 4) is 0 Å². The molecule has 1 aromatic carbocycles. The fourth-order valence-electron chi connectivity index (χ4n) is 3.29. The largest absolute Gasteiger partial charge is 0.469 e. The number of likely N-dealkylation sites (tertiary alicyclic amines) is 1. The van der Waals surface area contributed by atoms with Gasteiger partial charge in [0.05, 0.1) is 13.5 Å². The number of rotatable bonds is 6. The lowest BCUT2D eigenvalue weighted by atomic mass is 9.93. The Kier molecular flexibility index (Phi) is 6.21. The molecule has 0 aromatic heterocycles. The van der Waals surface area contributed by atoms with Gasteiger partial charge in [0.15, 0.2) is 0 Å². The van der Waals surface area contributed by atoms with E-state index < -0.39 is 0 Å². The van der Waals surface area contributed by atoms with Gasteiger partial charge in [-0.2, -0.15) is 0 Å². The molecule has 1 aromatic rings. The summed E-state index contributed by atoms with van der Waals surface area (Å²) in [5.41, 5.74) is 7.12. The maximum atomic E-state index is 11.7. The molecule has 2 unspecified atom stereocenters. The van der Waals surface area contributed by atoms with Gasteiger partial charge in [0.2, 0.25) is 0 Å². The summed E-state index contributed by atoms with van der Waals surface area (Å²) in [6.07, 6.45) is 4.82. The fourth-order valence-corrected chi connectivity index (χ4v) is 3.29. The Morgan fingerprint density at radius 3 is 2.81 bits per heavy atom. The van der Waals surface area contributed by atoms with Crippen LogP contribution in [-0.2, 0) is 9.53 Å². The van der Waals surface area contributed by atoms with E-state index in [1.165, 1.54) is 25.5 Å². The van der Waals surface area contributed by atoms with Crippen LogP contribution in [0.1, 0.15) is 43.7 Å². The third-order valence-corrected chi connectivity index (χ3v) is 4.33. The van der Waals surface area contributed by atoms with Crippen molar-refractivity contribution in [3.63, 3.8) is 0 Å². The predicted octanol–water partition coefficient (Wildman–Crippen LogP) is 2.49. The van der Waals surface area contributed by atoms with Crippen molar-refractivity contribution in [2.75, 3.05) is 20.2 Å². The molecule has 2 rings (SSSR count). The number of hydrogen-bond acceptors (Lipinski definition) is 4. The van der Waals surface area contributed by atoms with E-state index >= 15 is 0 Å². The molecule has 21 heavy (non-hydrogen) atoms. The van der Waals surface area contributed by atoms with Crippen molar-refractivity contribution in [2.24, 2.45) is 5.73 Å². The minimum atomic E-state index is -0.119. The highest BCUT2D eigenvalue weighted by molar-refractivity contribution is 5.69. The zero-order chi connectivity index (χ0) is 15.1. The number of methoxy groups -OCH3 is 1. The molecule has 1 aliphatic heterocycles. The molecule has 2 N–H and O–H groups in total. The molecule has 1 saturated heterocycles. The molecule has 1 fully saturated rings. The van der Waals surface area contributed by atoms with Gasteiger partial charge in [-0.15, -0.1) is 0 Å². The highest BCUT2D eigenvalue weighted by atomic mass is 16.5. The highest BCUT2D eigenvalue weighted by Crippen LogP contribution is 2.32. The van der Waals surface area contributed by atoms with E-state index in [4.69, 9.17) is 10.5 Å². The summed E-state index contributed by atoms with van der Waals surface area (Å²) >= 11 is 0. The van der Waals surface area contributed by atoms with Crippen LogP contribution in [0.2, 0.25) is 0 Å². The average Bonchev–Trinajstić information content (AvgIpc) is 2.54. The number of hydrogen-bond donors (Lipinski definition) is 1. The Morgan fingerprint density at radius 1 is 1.38 bits per heavy atom. The molecule has 4 heteroatoms. The summed E-state index contributed by atoms with van der Waals surface area (Å²) in [5, 5.41) is 0.